The molecule has 1 amide bonds. The smallest absolute Gasteiger partial charge is 0.252 e. The van der Waals surface area contributed by atoms with Gasteiger partial charge in [-0.25, -0.2) is 4.39 Å². The molecule has 2 aromatic carbocycles. The molecule has 1 heterocycles. The molecule has 1 aliphatic heterocycles. The van der Waals surface area contributed by atoms with Gasteiger partial charge in [-0.1, -0.05) is 24.3 Å². The molecule has 0 saturated heterocycles. The molecule has 1 N–H and O–H groups in total. The van der Waals surface area contributed by atoms with E-state index in [4.69, 9.17) is 0 Å². The number of aliphatic imine (C=N–C) groups is 1. The molecule has 1 aliphatic rings. The molecule has 0 unspecified atom stereocenters. The highest BCUT2D eigenvalue weighted by Crippen LogP contribution is 2.25. The zero-order valence-corrected chi connectivity index (χ0v) is 10.7. The summed E-state index contributed by atoms with van der Waals surface area (Å²) in [4.78, 5) is 16.2. The Labute approximate surface area is 110 Å². The van der Waals surface area contributed by atoms with Crippen molar-refractivity contribution in [3.8, 4) is 0 Å². The lowest BCUT2D eigenvalue weighted by Crippen LogP contribution is -2.34. The van der Waals surface area contributed by atoms with Gasteiger partial charge in [0.25, 0.3) is 5.91 Å². The molecule has 4 heteroatoms. The molecule has 2 aromatic rings. The molecule has 0 atom stereocenters. The summed E-state index contributed by atoms with van der Waals surface area (Å²) >= 11 is 0. The third-order valence-electron chi connectivity index (χ3n) is 3.30. The minimum Gasteiger partial charge on any atom is -0.308 e. The second kappa shape index (κ2) is 3.88. The molecule has 3 rings (SSSR count). The lowest BCUT2D eigenvalue weighted by molar-refractivity contribution is -0.122. The highest BCUT2D eigenvalue weighted by molar-refractivity contribution is 6.19. The van der Waals surface area contributed by atoms with Gasteiger partial charge in [0.05, 0.1) is 0 Å². The maximum absolute atomic E-state index is 13.8. The third kappa shape index (κ3) is 1.80. The van der Waals surface area contributed by atoms with Gasteiger partial charge in [-0.05, 0) is 31.4 Å². The van der Waals surface area contributed by atoms with Crippen LogP contribution in [0.1, 0.15) is 19.4 Å². The van der Waals surface area contributed by atoms with E-state index < -0.39 is 5.54 Å². The summed E-state index contributed by atoms with van der Waals surface area (Å²) in [5.74, 6) is 0.0886. The second-order valence-corrected chi connectivity index (χ2v) is 5.11. The first-order valence-corrected chi connectivity index (χ1v) is 6.08. The summed E-state index contributed by atoms with van der Waals surface area (Å²) in [5.41, 5.74) is -0.0268. The first-order chi connectivity index (χ1) is 8.99. The predicted molar refractivity (Wildman–Crippen MR) is 72.7 cm³/mol. The Bertz CT molecular complexity index is 719. The van der Waals surface area contributed by atoms with Crippen molar-refractivity contribution in [2.45, 2.75) is 19.4 Å². The zero-order chi connectivity index (χ0) is 13.6. The van der Waals surface area contributed by atoms with Gasteiger partial charge < -0.3 is 5.32 Å². The van der Waals surface area contributed by atoms with Crippen molar-refractivity contribution in [1.82, 2.24) is 5.32 Å². The van der Waals surface area contributed by atoms with E-state index >= 15 is 0 Å². The van der Waals surface area contributed by atoms with Crippen LogP contribution < -0.4 is 5.32 Å². The van der Waals surface area contributed by atoms with Crippen LogP contribution in [-0.2, 0) is 4.79 Å². The van der Waals surface area contributed by atoms with E-state index in [1.165, 1.54) is 6.07 Å². The first kappa shape index (κ1) is 11.8. The van der Waals surface area contributed by atoms with Crippen molar-refractivity contribution in [3.63, 3.8) is 0 Å². The summed E-state index contributed by atoms with van der Waals surface area (Å²) < 4.78 is 13.8. The summed E-state index contributed by atoms with van der Waals surface area (Å²) in [6, 6.07) is 10.2. The van der Waals surface area contributed by atoms with Crippen molar-refractivity contribution >= 4 is 22.5 Å². The molecule has 0 spiro atoms. The number of carbonyl (C=O) groups excluding carboxylic acids is 1. The zero-order valence-electron chi connectivity index (χ0n) is 10.7. The highest BCUT2D eigenvalue weighted by atomic mass is 19.1. The number of fused-ring (bicyclic) bond motifs is 1. The minimum atomic E-state index is -0.773. The van der Waals surface area contributed by atoms with Gasteiger partial charge >= 0.3 is 0 Å². The first-order valence-electron chi connectivity index (χ1n) is 6.08. The SMILES string of the molecule is CC1(C)N=C(c2ccc(F)c3ccccc23)NC1=O. The lowest BCUT2D eigenvalue weighted by atomic mass is 10.0. The van der Waals surface area contributed by atoms with Gasteiger partial charge in [-0.15, -0.1) is 0 Å². The predicted octanol–water partition coefficient (Wildman–Crippen LogP) is 2.63. The van der Waals surface area contributed by atoms with Crippen molar-refractivity contribution in [3.05, 3.63) is 47.8 Å². The number of benzene rings is 2. The standard InChI is InChI=1S/C15H13FN2O/c1-15(2)14(19)17-13(18-15)11-7-8-12(16)10-6-4-3-5-9(10)11/h3-8H,1-2H3,(H,17,18,19). The van der Waals surface area contributed by atoms with Crippen molar-refractivity contribution < 1.29 is 9.18 Å². The van der Waals surface area contributed by atoms with Crippen LogP contribution in [0.4, 0.5) is 4.39 Å². The largest absolute Gasteiger partial charge is 0.308 e. The van der Waals surface area contributed by atoms with E-state index in [0.717, 1.165) is 10.9 Å². The van der Waals surface area contributed by atoms with Gasteiger partial charge in [0.1, 0.15) is 17.2 Å². The number of hydrogen-bond acceptors (Lipinski definition) is 2. The Morgan fingerprint density at radius 3 is 2.42 bits per heavy atom. The summed E-state index contributed by atoms with van der Waals surface area (Å²) in [6.45, 7) is 3.50. The van der Waals surface area contributed by atoms with Gasteiger partial charge in [-0.2, -0.15) is 0 Å². The molecule has 3 nitrogen and oxygen atoms in total. The summed E-state index contributed by atoms with van der Waals surface area (Å²) in [6.07, 6.45) is 0. The number of nitrogens with one attached hydrogen (secondary N) is 1. The van der Waals surface area contributed by atoms with E-state index in [9.17, 15) is 9.18 Å². The normalized spacial score (nSPS) is 17.4. The van der Waals surface area contributed by atoms with Crippen molar-refractivity contribution in [1.29, 1.82) is 0 Å². The molecular formula is C15H13FN2O. The average Bonchev–Trinajstić information content (AvgIpc) is 2.64. The minimum absolute atomic E-state index is 0.143. The fraction of sp³-hybridized carbons (Fsp3) is 0.200. The Morgan fingerprint density at radius 2 is 1.79 bits per heavy atom. The highest BCUT2D eigenvalue weighted by Gasteiger charge is 2.34. The number of carbonyl (C=O) groups is 1. The van der Waals surface area contributed by atoms with Crippen LogP contribution in [-0.4, -0.2) is 17.3 Å². The van der Waals surface area contributed by atoms with Crippen LogP contribution in [0.25, 0.3) is 10.8 Å². The molecule has 0 bridgehead atoms. The summed E-state index contributed by atoms with van der Waals surface area (Å²) in [5, 5.41) is 4.04. The Hall–Kier alpha value is -2.23. The quantitative estimate of drug-likeness (QED) is 0.837. The van der Waals surface area contributed by atoms with Gasteiger partial charge in [-0.3, -0.25) is 9.79 Å². The number of halogens is 1. The van der Waals surface area contributed by atoms with Crippen LogP contribution in [0, 0.1) is 5.82 Å². The van der Waals surface area contributed by atoms with Crippen molar-refractivity contribution in [2.75, 3.05) is 0 Å². The van der Waals surface area contributed by atoms with E-state index in [2.05, 4.69) is 10.3 Å². The maximum Gasteiger partial charge on any atom is 0.252 e. The van der Waals surface area contributed by atoms with E-state index in [1.54, 1.807) is 32.0 Å². The molecule has 0 saturated carbocycles. The monoisotopic (exact) mass is 256 g/mol. The van der Waals surface area contributed by atoms with Crippen LogP contribution in [0.15, 0.2) is 41.4 Å². The Morgan fingerprint density at radius 1 is 1.11 bits per heavy atom. The number of hydrogen-bond donors (Lipinski definition) is 1. The number of amides is 1. The van der Waals surface area contributed by atoms with Crippen LogP contribution in [0.2, 0.25) is 0 Å². The average molecular weight is 256 g/mol. The van der Waals surface area contributed by atoms with Crippen LogP contribution >= 0.6 is 0 Å². The maximum atomic E-state index is 13.8. The molecular weight excluding hydrogens is 243 g/mol. The summed E-state index contributed by atoms with van der Waals surface area (Å²) in [7, 11) is 0. The third-order valence-corrected chi connectivity index (χ3v) is 3.30. The molecule has 0 aromatic heterocycles. The molecule has 0 fully saturated rings. The van der Waals surface area contributed by atoms with E-state index in [0.29, 0.717) is 11.2 Å². The second-order valence-electron chi connectivity index (χ2n) is 5.11. The van der Waals surface area contributed by atoms with Gasteiger partial charge in [0.15, 0.2) is 0 Å². The lowest BCUT2D eigenvalue weighted by Gasteiger charge is -2.07. The molecule has 96 valence electrons. The Kier molecular flexibility index (Phi) is 2.42. The number of rotatable bonds is 1. The van der Waals surface area contributed by atoms with Gasteiger partial charge in [0.2, 0.25) is 0 Å². The molecule has 0 aliphatic carbocycles. The number of nitrogens with zero attached hydrogens (tertiary/aromatic N) is 1. The van der Waals surface area contributed by atoms with Gasteiger partial charge in [0, 0.05) is 10.9 Å². The van der Waals surface area contributed by atoms with Crippen molar-refractivity contribution in [2.24, 2.45) is 4.99 Å². The number of amidine groups is 1. The fourth-order valence-electron chi connectivity index (χ4n) is 2.22. The molecule has 19 heavy (non-hydrogen) atoms. The Balaban J connectivity index is 2.23. The van der Waals surface area contributed by atoms with Crippen LogP contribution in [0.5, 0.6) is 0 Å². The van der Waals surface area contributed by atoms with E-state index in [1.807, 2.05) is 12.1 Å². The molecule has 0 radical (unpaired) electrons. The van der Waals surface area contributed by atoms with Crippen LogP contribution in [0.3, 0.4) is 0 Å². The van der Waals surface area contributed by atoms with E-state index in [-0.39, 0.29) is 11.7 Å². The fourth-order valence-corrected chi connectivity index (χ4v) is 2.22. The topological polar surface area (TPSA) is 41.5 Å².